The SMILES string of the molecule is COc1ccccc1-n1nnnc1SCC(=O)NC(C)CCc1ccccc1. The molecule has 28 heavy (non-hydrogen) atoms. The lowest BCUT2D eigenvalue weighted by molar-refractivity contribution is -0.119. The van der Waals surface area contributed by atoms with E-state index >= 15 is 0 Å². The summed E-state index contributed by atoms with van der Waals surface area (Å²) in [4.78, 5) is 12.3. The minimum Gasteiger partial charge on any atom is -0.494 e. The van der Waals surface area contributed by atoms with E-state index in [1.54, 1.807) is 11.8 Å². The van der Waals surface area contributed by atoms with Gasteiger partial charge >= 0.3 is 0 Å². The molecule has 146 valence electrons. The summed E-state index contributed by atoms with van der Waals surface area (Å²) in [5.41, 5.74) is 2.00. The molecule has 0 fully saturated rings. The van der Waals surface area contributed by atoms with Crippen molar-refractivity contribution >= 4 is 17.7 Å². The molecule has 1 atom stereocenters. The number of aryl methyl sites for hydroxylation is 1. The molecule has 0 aliphatic rings. The Morgan fingerprint density at radius 1 is 1.18 bits per heavy atom. The maximum absolute atomic E-state index is 12.3. The molecular weight excluding hydrogens is 374 g/mol. The number of tetrazole rings is 1. The van der Waals surface area contributed by atoms with E-state index in [4.69, 9.17) is 4.74 Å². The first-order chi connectivity index (χ1) is 13.7. The number of hydrogen-bond acceptors (Lipinski definition) is 6. The fraction of sp³-hybridized carbons (Fsp3) is 0.300. The van der Waals surface area contributed by atoms with Crippen LogP contribution in [0.15, 0.2) is 59.8 Å². The first kappa shape index (κ1) is 19.9. The van der Waals surface area contributed by atoms with Crippen molar-refractivity contribution in [2.24, 2.45) is 0 Å². The highest BCUT2D eigenvalue weighted by Crippen LogP contribution is 2.25. The van der Waals surface area contributed by atoms with E-state index in [-0.39, 0.29) is 17.7 Å². The fourth-order valence-corrected chi connectivity index (χ4v) is 3.47. The zero-order valence-corrected chi connectivity index (χ0v) is 16.7. The Kier molecular flexibility index (Phi) is 7.02. The molecule has 0 aliphatic heterocycles. The second kappa shape index (κ2) is 9.89. The summed E-state index contributed by atoms with van der Waals surface area (Å²) >= 11 is 1.29. The van der Waals surface area contributed by atoms with E-state index in [1.165, 1.54) is 17.3 Å². The van der Waals surface area contributed by atoms with Crippen LogP contribution in [0.3, 0.4) is 0 Å². The lowest BCUT2D eigenvalue weighted by Crippen LogP contribution is -2.34. The van der Waals surface area contributed by atoms with Crippen LogP contribution in [0.4, 0.5) is 0 Å². The van der Waals surface area contributed by atoms with Crippen LogP contribution in [0.25, 0.3) is 5.69 Å². The van der Waals surface area contributed by atoms with E-state index in [0.717, 1.165) is 18.5 Å². The van der Waals surface area contributed by atoms with E-state index in [2.05, 4.69) is 33.0 Å². The lowest BCUT2D eigenvalue weighted by atomic mass is 10.1. The predicted octanol–water partition coefficient (Wildman–Crippen LogP) is 2.90. The van der Waals surface area contributed by atoms with Crippen LogP contribution in [0.1, 0.15) is 18.9 Å². The summed E-state index contributed by atoms with van der Waals surface area (Å²) in [6, 6.07) is 17.8. The zero-order valence-electron chi connectivity index (χ0n) is 15.9. The average molecular weight is 398 g/mol. The molecule has 7 nitrogen and oxygen atoms in total. The van der Waals surface area contributed by atoms with Gasteiger partial charge in [-0.25, -0.2) is 0 Å². The Morgan fingerprint density at radius 2 is 1.93 bits per heavy atom. The second-order valence-corrected chi connectivity index (χ2v) is 7.27. The smallest absolute Gasteiger partial charge is 0.230 e. The number of thioether (sulfide) groups is 1. The predicted molar refractivity (Wildman–Crippen MR) is 109 cm³/mol. The van der Waals surface area contributed by atoms with Crippen LogP contribution in [0.5, 0.6) is 5.75 Å². The Balaban J connectivity index is 1.52. The molecule has 1 heterocycles. The number of carbonyl (C=O) groups excluding carboxylic acids is 1. The molecule has 1 amide bonds. The highest BCUT2D eigenvalue weighted by molar-refractivity contribution is 7.99. The summed E-state index contributed by atoms with van der Waals surface area (Å²) in [5, 5.41) is 15.3. The molecule has 1 aromatic heterocycles. The highest BCUT2D eigenvalue weighted by Gasteiger charge is 2.15. The molecule has 0 radical (unpaired) electrons. The summed E-state index contributed by atoms with van der Waals surface area (Å²) in [5.74, 6) is 0.862. The minimum atomic E-state index is -0.0415. The molecular formula is C20H23N5O2S. The van der Waals surface area contributed by atoms with Crippen molar-refractivity contribution in [3.05, 3.63) is 60.2 Å². The number of amides is 1. The standard InChI is InChI=1S/C20H23N5O2S/c1-15(12-13-16-8-4-3-5-9-16)21-19(26)14-28-20-22-23-24-25(20)17-10-6-7-11-18(17)27-2/h3-11,15H,12-14H2,1-2H3,(H,21,26). The van der Waals surface area contributed by atoms with Gasteiger partial charge in [0.25, 0.3) is 0 Å². The summed E-state index contributed by atoms with van der Waals surface area (Å²) in [6.07, 6.45) is 1.82. The van der Waals surface area contributed by atoms with Gasteiger partial charge in [-0.2, -0.15) is 4.68 Å². The van der Waals surface area contributed by atoms with Gasteiger partial charge in [-0.3, -0.25) is 4.79 Å². The number of aromatic nitrogens is 4. The van der Waals surface area contributed by atoms with Gasteiger partial charge in [0, 0.05) is 6.04 Å². The Labute approximate surface area is 168 Å². The Bertz CT molecular complexity index is 900. The average Bonchev–Trinajstić information content (AvgIpc) is 3.20. The Morgan fingerprint density at radius 3 is 2.71 bits per heavy atom. The van der Waals surface area contributed by atoms with Gasteiger partial charge < -0.3 is 10.1 Å². The summed E-state index contributed by atoms with van der Waals surface area (Å²) in [7, 11) is 1.60. The van der Waals surface area contributed by atoms with E-state index in [9.17, 15) is 4.79 Å². The maximum Gasteiger partial charge on any atom is 0.230 e. The number of nitrogens with zero attached hydrogens (tertiary/aromatic N) is 4. The van der Waals surface area contributed by atoms with E-state index in [0.29, 0.717) is 10.9 Å². The number of para-hydroxylation sites is 2. The number of methoxy groups -OCH3 is 1. The van der Waals surface area contributed by atoms with Gasteiger partial charge in [0.2, 0.25) is 11.1 Å². The van der Waals surface area contributed by atoms with Gasteiger partial charge in [0.05, 0.1) is 12.9 Å². The van der Waals surface area contributed by atoms with Gasteiger partial charge in [-0.05, 0) is 47.9 Å². The molecule has 3 rings (SSSR count). The quantitative estimate of drug-likeness (QED) is 0.559. The first-order valence-electron chi connectivity index (χ1n) is 9.05. The molecule has 0 aliphatic carbocycles. The number of ether oxygens (including phenoxy) is 1. The van der Waals surface area contributed by atoms with Crippen LogP contribution in [-0.4, -0.2) is 45.0 Å². The van der Waals surface area contributed by atoms with Crippen LogP contribution < -0.4 is 10.1 Å². The lowest BCUT2D eigenvalue weighted by Gasteiger charge is -2.14. The topological polar surface area (TPSA) is 81.9 Å². The molecule has 8 heteroatoms. The van der Waals surface area contributed by atoms with E-state index in [1.807, 2.05) is 49.4 Å². The minimum absolute atomic E-state index is 0.0415. The maximum atomic E-state index is 12.3. The number of hydrogen-bond donors (Lipinski definition) is 1. The molecule has 0 spiro atoms. The number of benzene rings is 2. The van der Waals surface area contributed by atoms with Crippen molar-refractivity contribution in [2.75, 3.05) is 12.9 Å². The van der Waals surface area contributed by atoms with Crippen LogP contribution in [0, 0.1) is 0 Å². The normalized spacial score (nSPS) is 11.8. The van der Waals surface area contributed by atoms with Crippen molar-refractivity contribution in [1.82, 2.24) is 25.5 Å². The third-order valence-corrected chi connectivity index (χ3v) is 5.12. The van der Waals surface area contributed by atoms with Gasteiger partial charge in [-0.15, -0.1) is 5.10 Å². The third kappa shape index (κ3) is 5.32. The van der Waals surface area contributed by atoms with E-state index < -0.39 is 0 Å². The van der Waals surface area contributed by atoms with Gasteiger partial charge in [0.15, 0.2) is 0 Å². The zero-order chi connectivity index (χ0) is 19.8. The third-order valence-electron chi connectivity index (χ3n) is 4.20. The van der Waals surface area contributed by atoms with Crippen LogP contribution >= 0.6 is 11.8 Å². The van der Waals surface area contributed by atoms with Crippen LogP contribution in [0.2, 0.25) is 0 Å². The van der Waals surface area contributed by atoms with Crippen molar-refractivity contribution in [2.45, 2.75) is 31.0 Å². The molecule has 1 N–H and O–H groups in total. The molecule has 0 saturated carbocycles. The van der Waals surface area contributed by atoms with Crippen molar-refractivity contribution in [3.8, 4) is 11.4 Å². The molecule has 0 bridgehead atoms. The number of rotatable bonds is 9. The monoisotopic (exact) mass is 397 g/mol. The molecule has 2 aromatic carbocycles. The molecule has 1 unspecified atom stereocenters. The summed E-state index contributed by atoms with van der Waals surface area (Å²) < 4.78 is 6.94. The van der Waals surface area contributed by atoms with Crippen molar-refractivity contribution in [1.29, 1.82) is 0 Å². The summed E-state index contributed by atoms with van der Waals surface area (Å²) in [6.45, 7) is 2.02. The van der Waals surface area contributed by atoms with Crippen molar-refractivity contribution in [3.63, 3.8) is 0 Å². The van der Waals surface area contributed by atoms with Crippen molar-refractivity contribution < 1.29 is 9.53 Å². The fourth-order valence-electron chi connectivity index (χ4n) is 2.77. The number of carbonyl (C=O) groups is 1. The second-order valence-electron chi connectivity index (χ2n) is 6.33. The van der Waals surface area contributed by atoms with Gasteiger partial charge in [0.1, 0.15) is 11.4 Å². The van der Waals surface area contributed by atoms with Crippen LogP contribution in [-0.2, 0) is 11.2 Å². The molecule has 3 aromatic rings. The molecule has 0 saturated heterocycles. The van der Waals surface area contributed by atoms with Gasteiger partial charge in [-0.1, -0.05) is 54.2 Å². The largest absolute Gasteiger partial charge is 0.494 e. The highest BCUT2D eigenvalue weighted by atomic mass is 32.2. The number of nitrogens with one attached hydrogen (secondary N) is 1. The Hall–Kier alpha value is -2.87. The first-order valence-corrected chi connectivity index (χ1v) is 10.0.